The fourth-order valence-corrected chi connectivity index (χ4v) is 3.90. The molecule has 0 atom stereocenters. The molecular formula is C22H26F5N3O4. The summed E-state index contributed by atoms with van der Waals surface area (Å²) in [5.41, 5.74) is 4.54. The number of imidazole rings is 1. The molecule has 1 aliphatic carbocycles. The minimum atomic E-state index is -4.68. The van der Waals surface area contributed by atoms with Crippen molar-refractivity contribution in [1.29, 1.82) is 0 Å². The molecule has 7 nitrogen and oxygen atoms in total. The van der Waals surface area contributed by atoms with Crippen LogP contribution in [-0.4, -0.2) is 38.1 Å². The third-order valence-electron chi connectivity index (χ3n) is 5.59. The summed E-state index contributed by atoms with van der Waals surface area (Å²) in [6, 6.07) is 2.61. The first kappa shape index (κ1) is 27.2. The molecule has 0 spiro atoms. The van der Waals surface area contributed by atoms with E-state index in [9.17, 15) is 36.3 Å². The normalized spacial score (nSPS) is 16.1. The first-order chi connectivity index (χ1) is 15.7. The summed E-state index contributed by atoms with van der Waals surface area (Å²) in [7, 11) is 0. The summed E-state index contributed by atoms with van der Waals surface area (Å²) in [6.07, 6.45) is -4.24. The zero-order valence-electron chi connectivity index (χ0n) is 18.7. The molecule has 3 rings (SSSR count). The van der Waals surface area contributed by atoms with Crippen molar-refractivity contribution in [1.82, 2.24) is 9.38 Å². The quantitative estimate of drug-likeness (QED) is 0.454. The molecule has 0 aromatic carbocycles. The van der Waals surface area contributed by atoms with Gasteiger partial charge in [0.2, 0.25) is 17.6 Å². The summed E-state index contributed by atoms with van der Waals surface area (Å²) in [4.78, 5) is 34.9. The van der Waals surface area contributed by atoms with E-state index in [0.717, 1.165) is 0 Å². The van der Waals surface area contributed by atoms with Gasteiger partial charge in [-0.25, -0.2) is 18.6 Å². The number of amides is 1. The Balaban J connectivity index is 0.000000440. The van der Waals surface area contributed by atoms with Crippen molar-refractivity contribution in [2.75, 3.05) is 0 Å². The number of nitrogens with two attached hydrogens (primary N) is 1. The topological polar surface area (TPSA) is 115 Å². The average molecular weight is 491 g/mol. The highest BCUT2D eigenvalue weighted by Crippen LogP contribution is 2.40. The van der Waals surface area contributed by atoms with Gasteiger partial charge in [0.05, 0.1) is 5.69 Å². The molecule has 12 heteroatoms. The lowest BCUT2D eigenvalue weighted by atomic mass is 9.83. The molecule has 2 aromatic rings. The van der Waals surface area contributed by atoms with Crippen LogP contribution in [0.15, 0.2) is 12.1 Å². The van der Waals surface area contributed by atoms with Crippen molar-refractivity contribution in [3.63, 3.8) is 0 Å². The van der Waals surface area contributed by atoms with Gasteiger partial charge >= 0.3 is 12.1 Å². The van der Waals surface area contributed by atoms with Crippen LogP contribution in [0.3, 0.4) is 0 Å². The van der Waals surface area contributed by atoms with Crippen LogP contribution in [0.25, 0.3) is 5.65 Å². The molecule has 0 radical (unpaired) electrons. The minimum Gasteiger partial charge on any atom is -0.476 e. The van der Waals surface area contributed by atoms with E-state index in [2.05, 4.69) is 4.98 Å². The molecule has 2 aromatic heterocycles. The van der Waals surface area contributed by atoms with Gasteiger partial charge in [0.25, 0.3) is 0 Å². The van der Waals surface area contributed by atoms with Gasteiger partial charge in [-0.05, 0) is 50.7 Å². The number of nitrogens with zero attached hydrogens (tertiary/aromatic N) is 2. The molecule has 1 saturated carbocycles. The van der Waals surface area contributed by atoms with Gasteiger partial charge in [0.15, 0.2) is 5.69 Å². The number of primary amides is 1. The van der Waals surface area contributed by atoms with Gasteiger partial charge in [0.1, 0.15) is 5.65 Å². The third-order valence-corrected chi connectivity index (χ3v) is 5.59. The van der Waals surface area contributed by atoms with Crippen LogP contribution in [0.1, 0.15) is 72.9 Å². The van der Waals surface area contributed by atoms with E-state index in [1.165, 1.54) is 16.5 Å². The van der Waals surface area contributed by atoms with Crippen LogP contribution in [0.2, 0.25) is 0 Å². The lowest BCUT2D eigenvalue weighted by molar-refractivity contribution is -0.149. The molecule has 0 saturated heterocycles. The van der Waals surface area contributed by atoms with Crippen LogP contribution in [0, 0.1) is 12.8 Å². The number of aromatic nitrogens is 2. The molecule has 1 aliphatic rings. The van der Waals surface area contributed by atoms with E-state index in [1.54, 1.807) is 13.8 Å². The van der Waals surface area contributed by atoms with Crippen molar-refractivity contribution < 1.29 is 41.4 Å². The number of carbonyl (C=O) groups is 3. The number of rotatable bonds is 6. The monoisotopic (exact) mass is 491 g/mol. The second-order valence-electron chi connectivity index (χ2n) is 8.33. The summed E-state index contributed by atoms with van der Waals surface area (Å²) in [5, 5.41) is 7.96. The smallest absolute Gasteiger partial charge is 0.435 e. The molecule has 0 aliphatic heterocycles. The van der Waals surface area contributed by atoms with E-state index in [4.69, 9.17) is 10.8 Å². The Morgan fingerprint density at radius 2 is 1.79 bits per heavy atom. The number of alkyl halides is 5. The van der Waals surface area contributed by atoms with Gasteiger partial charge < -0.3 is 15.2 Å². The van der Waals surface area contributed by atoms with Gasteiger partial charge in [-0.1, -0.05) is 6.92 Å². The number of ketones is 1. The van der Waals surface area contributed by atoms with Crippen LogP contribution < -0.4 is 5.73 Å². The number of hydrogen-bond donors (Lipinski definition) is 2. The maximum absolute atomic E-state index is 13.5. The first-order valence-electron chi connectivity index (χ1n) is 10.7. The van der Waals surface area contributed by atoms with Crippen molar-refractivity contribution >= 4 is 23.3 Å². The van der Waals surface area contributed by atoms with E-state index >= 15 is 0 Å². The van der Waals surface area contributed by atoms with Crippen molar-refractivity contribution in [3.8, 4) is 0 Å². The maximum atomic E-state index is 13.5. The fourth-order valence-electron chi connectivity index (χ4n) is 3.90. The molecule has 188 valence electrons. The number of fused-ring (bicyclic) bond motifs is 1. The predicted molar refractivity (Wildman–Crippen MR) is 112 cm³/mol. The highest BCUT2D eigenvalue weighted by molar-refractivity contribution is 6.32. The molecule has 1 fully saturated rings. The van der Waals surface area contributed by atoms with Crippen LogP contribution >= 0.6 is 0 Å². The van der Waals surface area contributed by atoms with Crippen molar-refractivity contribution in [2.24, 2.45) is 11.7 Å². The second-order valence-corrected chi connectivity index (χ2v) is 8.33. The number of hydrogen-bond acceptors (Lipinski definition) is 4. The molecule has 0 unspecified atom stereocenters. The summed E-state index contributed by atoms with van der Waals surface area (Å²) in [6.45, 7) is 3.32. The highest BCUT2D eigenvalue weighted by Gasteiger charge is 2.40. The van der Waals surface area contributed by atoms with Crippen molar-refractivity contribution in [3.05, 3.63) is 34.8 Å². The summed E-state index contributed by atoms with van der Waals surface area (Å²) in [5.74, 6) is -5.80. The van der Waals surface area contributed by atoms with Crippen molar-refractivity contribution in [2.45, 2.75) is 70.9 Å². The molecule has 34 heavy (non-hydrogen) atoms. The minimum absolute atomic E-state index is 0.00283. The Bertz CT molecular complexity index is 1070. The van der Waals surface area contributed by atoms with E-state index in [1.807, 2.05) is 0 Å². The Morgan fingerprint density at radius 1 is 1.21 bits per heavy atom. The van der Waals surface area contributed by atoms with Gasteiger partial charge in [-0.3, -0.25) is 9.59 Å². The van der Waals surface area contributed by atoms with Crippen LogP contribution in [-0.2, 0) is 22.2 Å². The number of carboxylic acids is 1. The Morgan fingerprint density at radius 3 is 2.24 bits per heavy atom. The number of aliphatic carboxylic acids is 1. The van der Waals surface area contributed by atoms with E-state index in [-0.39, 0.29) is 61.3 Å². The number of Topliss-reactive ketones (excluding diaryl/α,β-unsaturated/α-hetero) is 1. The standard InChI is InChI=1S/C17H18F5N3O.C5H8O3/c1-9-6-11(15(23)26)8-13-24-14(17(20,21)22)12(25(9)13)7-10-2-4-16(18,19)5-3-10;1-2-3-4(6)5(7)8/h6,8,10H,2-5,7H2,1H3,(H2,23,26);2-3H2,1H3,(H,7,8). The second kappa shape index (κ2) is 10.5. The largest absolute Gasteiger partial charge is 0.476 e. The van der Waals surface area contributed by atoms with Gasteiger partial charge in [0, 0.05) is 30.5 Å². The predicted octanol–water partition coefficient (Wildman–Crippen LogP) is 4.57. The Hall–Kier alpha value is -3.05. The zero-order chi connectivity index (χ0) is 25.8. The average Bonchev–Trinajstić information content (AvgIpc) is 3.09. The Labute approximate surface area is 192 Å². The number of pyridine rings is 1. The number of halogens is 5. The molecule has 2 heterocycles. The highest BCUT2D eigenvalue weighted by atomic mass is 19.4. The lowest BCUT2D eigenvalue weighted by Crippen LogP contribution is -2.26. The molecule has 1 amide bonds. The van der Waals surface area contributed by atoms with Crippen LogP contribution in [0.5, 0.6) is 0 Å². The maximum Gasteiger partial charge on any atom is 0.435 e. The number of aryl methyl sites for hydroxylation is 1. The van der Waals surface area contributed by atoms with Gasteiger partial charge in [-0.2, -0.15) is 13.2 Å². The molecule has 0 bridgehead atoms. The van der Waals surface area contributed by atoms with E-state index in [0.29, 0.717) is 12.1 Å². The summed E-state index contributed by atoms with van der Waals surface area (Å²) < 4.78 is 68.4. The van der Waals surface area contributed by atoms with E-state index < -0.39 is 35.5 Å². The molecular weight excluding hydrogens is 465 g/mol. The number of carboxylic acid groups (broad SMARTS) is 1. The Kier molecular flexibility index (Phi) is 8.38. The summed E-state index contributed by atoms with van der Waals surface area (Å²) >= 11 is 0. The number of carbonyl (C=O) groups excluding carboxylic acids is 2. The zero-order valence-corrected chi connectivity index (χ0v) is 18.7. The first-order valence-corrected chi connectivity index (χ1v) is 10.7. The molecule has 3 N–H and O–H groups in total. The van der Waals surface area contributed by atoms with Gasteiger partial charge in [-0.15, -0.1) is 0 Å². The van der Waals surface area contributed by atoms with Crippen LogP contribution in [0.4, 0.5) is 22.0 Å². The lowest BCUT2D eigenvalue weighted by Gasteiger charge is -2.28. The fraction of sp³-hybridized carbons (Fsp3) is 0.545. The third kappa shape index (κ3) is 6.73. The SMILES string of the molecule is CCCC(=O)C(=O)O.Cc1cc(C(N)=O)cc2nc(C(F)(F)F)c(CC3CCC(F)(F)CC3)n12.